The molecule has 8 heteroatoms. The molecule has 2 aromatic carbocycles. The van der Waals surface area contributed by atoms with Gasteiger partial charge in [0.05, 0.1) is 10.5 Å². The largest absolute Gasteiger partial charge is 0.492 e. The standard InChI is InChI=1S/C16H16F3NO3S/c1-20(10-11-23-14-7-3-2-4-8-14)24(21,22)15-9-5-6-13(12-15)16(17,18)19/h2-9,12H,10-11H2,1H3. The lowest BCUT2D eigenvalue weighted by atomic mass is 10.2. The number of benzene rings is 2. The molecule has 0 unspecified atom stereocenters. The van der Waals surface area contributed by atoms with Crippen molar-refractivity contribution < 1.29 is 26.3 Å². The van der Waals surface area contributed by atoms with Gasteiger partial charge in [-0.15, -0.1) is 0 Å². The normalized spacial score (nSPS) is 12.4. The van der Waals surface area contributed by atoms with Crippen LogP contribution in [0.2, 0.25) is 0 Å². The Morgan fingerprint density at radius 2 is 1.71 bits per heavy atom. The topological polar surface area (TPSA) is 46.6 Å². The first-order chi connectivity index (χ1) is 11.2. The Morgan fingerprint density at radius 3 is 2.33 bits per heavy atom. The number of sulfonamides is 1. The molecule has 2 rings (SSSR count). The fourth-order valence-electron chi connectivity index (χ4n) is 1.94. The van der Waals surface area contributed by atoms with Gasteiger partial charge < -0.3 is 4.74 Å². The van der Waals surface area contributed by atoms with Gasteiger partial charge in [0.1, 0.15) is 12.4 Å². The first-order valence-electron chi connectivity index (χ1n) is 7.03. The van der Waals surface area contributed by atoms with E-state index in [9.17, 15) is 21.6 Å². The Hall–Kier alpha value is -2.06. The zero-order valence-corrected chi connectivity index (χ0v) is 13.6. The van der Waals surface area contributed by atoms with Gasteiger partial charge in [0, 0.05) is 13.6 Å². The lowest BCUT2D eigenvalue weighted by Gasteiger charge is -2.18. The van der Waals surface area contributed by atoms with Crippen LogP contribution in [0.3, 0.4) is 0 Å². The van der Waals surface area contributed by atoms with Crippen LogP contribution in [0.4, 0.5) is 13.2 Å². The zero-order chi connectivity index (χ0) is 17.8. The van der Waals surface area contributed by atoms with Crippen LogP contribution in [-0.2, 0) is 16.2 Å². The second-order valence-corrected chi connectivity index (χ2v) is 7.06. The quantitative estimate of drug-likeness (QED) is 0.794. The van der Waals surface area contributed by atoms with E-state index in [-0.39, 0.29) is 13.2 Å². The third-order valence-corrected chi connectivity index (χ3v) is 5.14. The van der Waals surface area contributed by atoms with Gasteiger partial charge in [-0.3, -0.25) is 0 Å². The zero-order valence-electron chi connectivity index (χ0n) is 12.8. The summed E-state index contributed by atoms with van der Waals surface area (Å²) in [5.41, 5.74) is -1.00. The molecule has 130 valence electrons. The molecule has 0 aliphatic rings. The Labute approximate surface area is 138 Å². The molecule has 2 aromatic rings. The highest BCUT2D eigenvalue weighted by atomic mass is 32.2. The number of hydrogen-bond acceptors (Lipinski definition) is 3. The lowest BCUT2D eigenvalue weighted by molar-refractivity contribution is -0.137. The van der Waals surface area contributed by atoms with Crippen molar-refractivity contribution in [3.8, 4) is 5.75 Å². The van der Waals surface area contributed by atoms with E-state index in [0.717, 1.165) is 22.5 Å². The summed E-state index contributed by atoms with van der Waals surface area (Å²) >= 11 is 0. The Balaban J connectivity index is 2.06. The Morgan fingerprint density at radius 1 is 1.04 bits per heavy atom. The molecule has 24 heavy (non-hydrogen) atoms. The van der Waals surface area contributed by atoms with E-state index in [0.29, 0.717) is 11.8 Å². The van der Waals surface area contributed by atoms with Gasteiger partial charge >= 0.3 is 6.18 Å². The van der Waals surface area contributed by atoms with Gasteiger partial charge in [0.2, 0.25) is 10.0 Å². The highest BCUT2D eigenvalue weighted by Gasteiger charge is 2.32. The van der Waals surface area contributed by atoms with Gasteiger partial charge in [0.25, 0.3) is 0 Å². The van der Waals surface area contributed by atoms with Crippen LogP contribution < -0.4 is 4.74 Å². The molecule has 0 saturated heterocycles. The second kappa shape index (κ2) is 7.23. The van der Waals surface area contributed by atoms with E-state index >= 15 is 0 Å². The maximum absolute atomic E-state index is 12.7. The van der Waals surface area contributed by atoms with Crippen LogP contribution >= 0.6 is 0 Å². The van der Waals surface area contributed by atoms with Gasteiger partial charge in [-0.2, -0.15) is 17.5 Å². The minimum absolute atomic E-state index is 0.00741. The highest BCUT2D eigenvalue weighted by molar-refractivity contribution is 7.89. The molecule has 0 saturated carbocycles. The van der Waals surface area contributed by atoms with Crippen LogP contribution in [0.25, 0.3) is 0 Å². The summed E-state index contributed by atoms with van der Waals surface area (Å²) < 4.78 is 69.2. The summed E-state index contributed by atoms with van der Waals surface area (Å²) in [7, 11) is -2.73. The maximum Gasteiger partial charge on any atom is 0.416 e. The highest BCUT2D eigenvalue weighted by Crippen LogP contribution is 2.30. The molecule has 0 amide bonds. The number of likely N-dealkylation sites (N-methyl/N-ethyl adjacent to an activating group) is 1. The third-order valence-electron chi connectivity index (χ3n) is 3.29. The lowest BCUT2D eigenvalue weighted by Crippen LogP contribution is -2.31. The molecule has 0 bridgehead atoms. The molecule has 0 atom stereocenters. The van der Waals surface area contributed by atoms with Crippen LogP contribution in [0.15, 0.2) is 59.5 Å². The molecule has 0 aliphatic heterocycles. The Bertz CT molecular complexity index is 777. The summed E-state index contributed by atoms with van der Waals surface area (Å²) in [5.74, 6) is 0.586. The first-order valence-corrected chi connectivity index (χ1v) is 8.47. The molecule has 0 aromatic heterocycles. The summed E-state index contributed by atoms with van der Waals surface area (Å²) in [6, 6.07) is 12.5. The predicted octanol–water partition coefficient (Wildman–Crippen LogP) is 3.40. The average molecular weight is 359 g/mol. The summed E-state index contributed by atoms with van der Waals surface area (Å²) in [6.45, 7) is 0.0895. The van der Waals surface area contributed by atoms with Crippen molar-refractivity contribution in [3.05, 3.63) is 60.2 Å². The van der Waals surface area contributed by atoms with Crippen LogP contribution in [-0.4, -0.2) is 32.9 Å². The van der Waals surface area contributed by atoms with E-state index in [2.05, 4.69) is 0 Å². The third kappa shape index (κ3) is 4.48. The molecule has 0 heterocycles. The van der Waals surface area contributed by atoms with Crippen LogP contribution in [0.1, 0.15) is 5.56 Å². The minimum atomic E-state index is -4.60. The van der Waals surface area contributed by atoms with E-state index in [1.807, 2.05) is 6.07 Å². The average Bonchev–Trinajstić information content (AvgIpc) is 2.55. The van der Waals surface area contributed by atoms with E-state index < -0.39 is 26.7 Å². The van der Waals surface area contributed by atoms with E-state index in [4.69, 9.17) is 4.74 Å². The molecule has 0 fully saturated rings. The summed E-state index contributed by atoms with van der Waals surface area (Å²) in [5, 5.41) is 0. The molecule has 4 nitrogen and oxygen atoms in total. The van der Waals surface area contributed by atoms with Gasteiger partial charge in [-0.05, 0) is 30.3 Å². The number of nitrogens with zero attached hydrogens (tertiary/aromatic N) is 1. The van der Waals surface area contributed by atoms with Gasteiger partial charge in [0.15, 0.2) is 0 Å². The van der Waals surface area contributed by atoms with Crippen molar-refractivity contribution in [2.45, 2.75) is 11.1 Å². The minimum Gasteiger partial charge on any atom is -0.492 e. The van der Waals surface area contributed by atoms with Crippen molar-refractivity contribution in [1.29, 1.82) is 0 Å². The van der Waals surface area contributed by atoms with Gasteiger partial charge in [-0.1, -0.05) is 24.3 Å². The summed E-state index contributed by atoms with van der Waals surface area (Å²) in [4.78, 5) is -0.403. The van der Waals surface area contributed by atoms with Crippen molar-refractivity contribution >= 4 is 10.0 Å². The smallest absolute Gasteiger partial charge is 0.416 e. The fraction of sp³-hybridized carbons (Fsp3) is 0.250. The number of hydrogen-bond donors (Lipinski definition) is 0. The van der Waals surface area contributed by atoms with E-state index in [1.54, 1.807) is 24.3 Å². The molecular formula is C16H16F3NO3S. The van der Waals surface area contributed by atoms with Crippen molar-refractivity contribution in [2.75, 3.05) is 20.2 Å². The fourth-order valence-corrected chi connectivity index (χ4v) is 3.14. The number of rotatable bonds is 6. The van der Waals surface area contributed by atoms with Crippen molar-refractivity contribution in [2.24, 2.45) is 0 Å². The maximum atomic E-state index is 12.7. The monoisotopic (exact) mass is 359 g/mol. The Kier molecular flexibility index (Phi) is 5.51. The SMILES string of the molecule is CN(CCOc1ccccc1)S(=O)(=O)c1cccc(C(F)(F)F)c1. The molecular weight excluding hydrogens is 343 g/mol. The number of alkyl halides is 3. The predicted molar refractivity (Wildman–Crippen MR) is 83.2 cm³/mol. The molecule has 0 spiro atoms. The first kappa shape index (κ1) is 18.3. The number of ether oxygens (including phenoxy) is 1. The van der Waals surface area contributed by atoms with E-state index in [1.165, 1.54) is 7.05 Å². The second-order valence-electron chi connectivity index (χ2n) is 5.01. The molecule has 0 aliphatic carbocycles. The molecule has 0 N–H and O–H groups in total. The van der Waals surface area contributed by atoms with Crippen LogP contribution in [0, 0.1) is 0 Å². The summed E-state index contributed by atoms with van der Waals surface area (Å²) in [6.07, 6.45) is -4.60. The van der Waals surface area contributed by atoms with Crippen LogP contribution in [0.5, 0.6) is 5.75 Å². The van der Waals surface area contributed by atoms with Gasteiger partial charge in [-0.25, -0.2) is 8.42 Å². The number of halogens is 3. The van der Waals surface area contributed by atoms with Crippen molar-refractivity contribution in [1.82, 2.24) is 4.31 Å². The molecule has 0 radical (unpaired) electrons. The van der Waals surface area contributed by atoms with Crippen molar-refractivity contribution in [3.63, 3.8) is 0 Å². The number of para-hydroxylation sites is 1.